The molecule has 5 heteroatoms. The van der Waals surface area contributed by atoms with E-state index in [9.17, 15) is 13.6 Å². The van der Waals surface area contributed by atoms with E-state index in [0.29, 0.717) is 5.75 Å². The van der Waals surface area contributed by atoms with Crippen molar-refractivity contribution in [3.63, 3.8) is 0 Å². The molecule has 1 atom stereocenters. The third kappa shape index (κ3) is 3.42. The van der Waals surface area contributed by atoms with Gasteiger partial charge in [-0.3, -0.25) is 4.79 Å². The third-order valence-corrected chi connectivity index (χ3v) is 3.44. The quantitative estimate of drug-likeness (QED) is 0.927. The van der Waals surface area contributed by atoms with Gasteiger partial charge in [0.05, 0.1) is 0 Å². The van der Waals surface area contributed by atoms with Crippen LogP contribution in [-0.2, 0) is 4.79 Å². The van der Waals surface area contributed by atoms with Gasteiger partial charge in [0.25, 0.3) is 5.91 Å². The van der Waals surface area contributed by atoms with Crippen LogP contribution in [0.5, 0.6) is 5.75 Å². The zero-order chi connectivity index (χ0) is 16.3. The summed E-state index contributed by atoms with van der Waals surface area (Å²) in [4.78, 5) is 12.0. The Morgan fingerprint density at radius 1 is 1.09 bits per heavy atom. The van der Waals surface area contributed by atoms with Gasteiger partial charge in [-0.25, -0.2) is 8.78 Å². The van der Waals surface area contributed by atoms with Crippen molar-refractivity contribution in [1.82, 2.24) is 0 Å². The summed E-state index contributed by atoms with van der Waals surface area (Å²) in [6.07, 6.45) is -0.889. The lowest BCUT2D eigenvalue weighted by atomic mass is 10.1. The second-order valence-corrected chi connectivity index (χ2v) is 5.04. The first-order valence-electron chi connectivity index (χ1n) is 6.88. The number of ether oxygens (including phenoxy) is 1. The molecule has 0 fully saturated rings. The average Bonchev–Trinajstić information content (AvgIpc) is 2.47. The minimum absolute atomic E-state index is 0.469. The van der Waals surface area contributed by atoms with Crippen molar-refractivity contribution < 1.29 is 18.3 Å². The van der Waals surface area contributed by atoms with Crippen molar-refractivity contribution in [1.29, 1.82) is 0 Å². The number of para-hydroxylation sites is 1. The molecule has 0 heterocycles. The van der Waals surface area contributed by atoms with Gasteiger partial charge in [0.15, 0.2) is 6.10 Å². The Hall–Kier alpha value is -2.43. The van der Waals surface area contributed by atoms with Gasteiger partial charge in [-0.05, 0) is 50.1 Å². The van der Waals surface area contributed by atoms with E-state index in [1.807, 2.05) is 26.0 Å². The lowest BCUT2D eigenvalue weighted by Gasteiger charge is -2.17. The van der Waals surface area contributed by atoms with E-state index < -0.39 is 29.3 Å². The van der Waals surface area contributed by atoms with Crippen molar-refractivity contribution >= 4 is 11.6 Å². The Labute approximate surface area is 127 Å². The minimum atomic E-state index is -0.889. The molecule has 116 valence electrons. The number of hydrogen-bond acceptors (Lipinski definition) is 2. The Bertz CT molecular complexity index is 681. The highest BCUT2D eigenvalue weighted by Gasteiger charge is 2.19. The molecule has 22 heavy (non-hydrogen) atoms. The van der Waals surface area contributed by atoms with Crippen LogP contribution in [0.4, 0.5) is 14.5 Å². The van der Waals surface area contributed by atoms with Crippen LogP contribution >= 0.6 is 0 Å². The molecule has 0 bridgehead atoms. The zero-order valence-corrected chi connectivity index (χ0v) is 12.6. The molecular formula is C17H17F2NO2. The van der Waals surface area contributed by atoms with Crippen LogP contribution in [0, 0.1) is 25.5 Å². The predicted molar refractivity (Wildman–Crippen MR) is 81.0 cm³/mol. The van der Waals surface area contributed by atoms with Gasteiger partial charge in [-0.2, -0.15) is 0 Å². The standard InChI is InChI=1S/C17H17F2NO2/c1-10-6-4-9-15(11(10)2)22-12(3)17(21)20-16-13(18)7-5-8-14(16)19/h4-9,12H,1-3H3,(H,20,21)/t12-/m0/s1. The monoisotopic (exact) mass is 305 g/mol. The van der Waals surface area contributed by atoms with Gasteiger partial charge in [-0.15, -0.1) is 0 Å². The fraction of sp³-hybridized carbons (Fsp3) is 0.235. The summed E-state index contributed by atoms with van der Waals surface area (Å²) in [5.74, 6) is -1.71. The van der Waals surface area contributed by atoms with Gasteiger partial charge < -0.3 is 10.1 Å². The van der Waals surface area contributed by atoms with Gasteiger partial charge in [0.1, 0.15) is 23.1 Å². The maximum absolute atomic E-state index is 13.5. The maximum atomic E-state index is 13.5. The normalized spacial score (nSPS) is 11.9. The largest absolute Gasteiger partial charge is 0.481 e. The van der Waals surface area contributed by atoms with Crippen LogP contribution in [0.2, 0.25) is 0 Å². The zero-order valence-electron chi connectivity index (χ0n) is 12.6. The molecule has 0 saturated heterocycles. The highest BCUT2D eigenvalue weighted by Crippen LogP contribution is 2.23. The predicted octanol–water partition coefficient (Wildman–Crippen LogP) is 3.99. The van der Waals surface area contributed by atoms with Crippen LogP contribution in [0.1, 0.15) is 18.1 Å². The number of hydrogen-bond donors (Lipinski definition) is 1. The molecule has 0 aromatic heterocycles. The molecule has 2 aromatic carbocycles. The lowest BCUT2D eigenvalue weighted by molar-refractivity contribution is -0.122. The van der Waals surface area contributed by atoms with Crippen LogP contribution < -0.4 is 10.1 Å². The van der Waals surface area contributed by atoms with Crippen molar-refractivity contribution in [2.24, 2.45) is 0 Å². The first kappa shape index (κ1) is 15.9. The molecule has 0 unspecified atom stereocenters. The van der Waals surface area contributed by atoms with Gasteiger partial charge in [-0.1, -0.05) is 18.2 Å². The molecule has 0 aliphatic carbocycles. The van der Waals surface area contributed by atoms with Gasteiger partial charge in [0.2, 0.25) is 0 Å². The summed E-state index contributed by atoms with van der Waals surface area (Å²) in [6, 6.07) is 8.89. The summed E-state index contributed by atoms with van der Waals surface area (Å²) in [6.45, 7) is 5.34. The molecule has 2 rings (SSSR count). The molecule has 3 nitrogen and oxygen atoms in total. The van der Waals surface area contributed by atoms with Crippen molar-refractivity contribution in [2.45, 2.75) is 26.9 Å². The second-order valence-electron chi connectivity index (χ2n) is 5.04. The first-order valence-corrected chi connectivity index (χ1v) is 6.88. The summed E-state index contributed by atoms with van der Waals surface area (Å²) >= 11 is 0. The fourth-order valence-corrected chi connectivity index (χ4v) is 1.94. The molecule has 0 spiro atoms. The van der Waals surface area contributed by atoms with E-state index in [1.165, 1.54) is 13.0 Å². The molecule has 0 aliphatic rings. The number of nitrogens with one attached hydrogen (secondary N) is 1. The molecule has 0 saturated carbocycles. The fourth-order valence-electron chi connectivity index (χ4n) is 1.94. The maximum Gasteiger partial charge on any atom is 0.265 e. The van der Waals surface area contributed by atoms with Gasteiger partial charge >= 0.3 is 0 Å². The van der Waals surface area contributed by atoms with Crippen LogP contribution in [0.15, 0.2) is 36.4 Å². The number of aryl methyl sites for hydroxylation is 1. The summed E-state index contributed by atoms with van der Waals surface area (Å²) < 4.78 is 32.6. The SMILES string of the molecule is Cc1cccc(O[C@@H](C)C(=O)Nc2c(F)cccc2F)c1C. The van der Waals surface area contributed by atoms with Gasteiger partial charge in [0, 0.05) is 0 Å². The van der Waals surface area contributed by atoms with Crippen LogP contribution in [0.25, 0.3) is 0 Å². The Morgan fingerprint density at radius 2 is 1.68 bits per heavy atom. The molecule has 0 radical (unpaired) electrons. The van der Waals surface area contributed by atoms with E-state index in [-0.39, 0.29) is 0 Å². The molecule has 1 N–H and O–H groups in total. The second kappa shape index (κ2) is 6.56. The summed E-state index contributed by atoms with van der Waals surface area (Å²) in [5.41, 5.74) is 1.48. The number of carbonyl (C=O) groups is 1. The number of rotatable bonds is 4. The molecular weight excluding hydrogens is 288 g/mol. The average molecular weight is 305 g/mol. The van der Waals surface area contributed by atoms with Crippen molar-refractivity contribution in [2.75, 3.05) is 5.32 Å². The number of anilines is 1. The summed E-state index contributed by atoms with van der Waals surface area (Å²) in [5, 5.41) is 2.22. The van der Waals surface area contributed by atoms with Crippen molar-refractivity contribution in [3.05, 3.63) is 59.2 Å². The smallest absolute Gasteiger partial charge is 0.265 e. The highest BCUT2D eigenvalue weighted by atomic mass is 19.1. The number of amides is 1. The molecule has 1 amide bonds. The molecule has 2 aromatic rings. The van der Waals surface area contributed by atoms with E-state index >= 15 is 0 Å². The Balaban J connectivity index is 2.11. The van der Waals surface area contributed by atoms with E-state index in [0.717, 1.165) is 23.3 Å². The van der Waals surface area contributed by atoms with E-state index in [1.54, 1.807) is 6.07 Å². The summed E-state index contributed by atoms with van der Waals surface area (Å²) in [7, 11) is 0. The number of halogens is 2. The minimum Gasteiger partial charge on any atom is -0.481 e. The molecule has 0 aliphatic heterocycles. The van der Waals surface area contributed by atoms with Crippen LogP contribution in [0.3, 0.4) is 0 Å². The Morgan fingerprint density at radius 3 is 2.32 bits per heavy atom. The topological polar surface area (TPSA) is 38.3 Å². The van der Waals surface area contributed by atoms with E-state index in [4.69, 9.17) is 4.74 Å². The highest BCUT2D eigenvalue weighted by molar-refractivity contribution is 5.94. The van der Waals surface area contributed by atoms with Crippen molar-refractivity contribution in [3.8, 4) is 5.75 Å². The number of carbonyl (C=O) groups excluding carboxylic acids is 1. The first-order chi connectivity index (χ1) is 10.4. The lowest BCUT2D eigenvalue weighted by Crippen LogP contribution is -2.31. The van der Waals surface area contributed by atoms with E-state index in [2.05, 4.69) is 5.32 Å². The van der Waals surface area contributed by atoms with Crippen LogP contribution in [-0.4, -0.2) is 12.0 Å². The third-order valence-electron chi connectivity index (χ3n) is 3.44. The number of benzene rings is 2. The Kier molecular flexibility index (Phi) is 4.75.